The van der Waals surface area contributed by atoms with Gasteiger partial charge in [0.1, 0.15) is 11.6 Å². The third-order valence-corrected chi connectivity index (χ3v) is 7.02. The molecule has 1 N–H and O–H groups in total. The number of aromatic nitrogens is 5. The standard InChI is InChI=1S/C25H27FN6O2S/c1-33-21-9-5-6-19(14-21)27-15-22-29-30-25(32(22)20-7-3-2-4-8-20)35-16-23-28-24(31-34-23)17-10-12-18(26)13-11-17/h5-6,9-14,20,27H,2-4,7-8,15-16H2,1H3. The molecule has 8 nitrogen and oxygen atoms in total. The van der Waals surface area contributed by atoms with Gasteiger partial charge < -0.3 is 19.1 Å². The van der Waals surface area contributed by atoms with Gasteiger partial charge in [-0.15, -0.1) is 10.2 Å². The first-order chi connectivity index (χ1) is 17.2. The first-order valence-electron chi connectivity index (χ1n) is 11.7. The highest BCUT2D eigenvalue weighted by Crippen LogP contribution is 2.34. The molecule has 0 amide bonds. The average molecular weight is 495 g/mol. The van der Waals surface area contributed by atoms with Crippen molar-refractivity contribution in [2.75, 3.05) is 12.4 Å². The summed E-state index contributed by atoms with van der Waals surface area (Å²) in [6.45, 7) is 0.562. The monoisotopic (exact) mass is 494 g/mol. The summed E-state index contributed by atoms with van der Waals surface area (Å²) in [5.74, 6) is 2.81. The summed E-state index contributed by atoms with van der Waals surface area (Å²) < 4.78 is 26.2. The smallest absolute Gasteiger partial charge is 0.237 e. The van der Waals surface area contributed by atoms with Crippen LogP contribution in [0.25, 0.3) is 11.4 Å². The molecule has 1 fully saturated rings. The molecule has 35 heavy (non-hydrogen) atoms. The molecule has 2 aromatic heterocycles. The van der Waals surface area contributed by atoms with Crippen LogP contribution in [0.15, 0.2) is 58.2 Å². The predicted molar refractivity (Wildman–Crippen MR) is 132 cm³/mol. The number of ether oxygens (including phenoxy) is 1. The van der Waals surface area contributed by atoms with Gasteiger partial charge in [0.25, 0.3) is 0 Å². The Labute approximate surface area is 207 Å². The summed E-state index contributed by atoms with van der Waals surface area (Å²) in [4.78, 5) is 4.46. The molecule has 0 bridgehead atoms. The van der Waals surface area contributed by atoms with Gasteiger partial charge in [-0.2, -0.15) is 4.98 Å². The van der Waals surface area contributed by atoms with E-state index in [1.165, 1.54) is 43.2 Å². The highest BCUT2D eigenvalue weighted by atomic mass is 32.2. The van der Waals surface area contributed by atoms with Gasteiger partial charge in [0.15, 0.2) is 11.0 Å². The summed E-state index contributed by atoms with van der Waals surface area (Å²) in [5.41, 5.74) is 1.68. The maximum atomic E-state index is 13.2. The zero-order chi connectivity index (χ0) is 24.0. The molecule has 4 aromatic rings. The van der Waals surface area contributed by atoms with E-state index in [1.54, 1.807) is 19.2 Å². The molecule has 0 radical (unpaired) electrons. The summed E-state index contributed by atoms with van der Waals surface area (Å²) in [6, 6.07) is 14.3. The van der Waals surface area contributed by atoms with E-state index < -0.39 is 0 Å². The van der Waals surface area contributed by atoms with Crippen molar-refractivity contribution in [3.8, 4) is 17.1 Å². The molecule has 0 saturated heterocycles. The predicted octanol–water partition coefficient (Wildman–Crippen LogP) is 5.89. The molecule has 5 rings (SSSR count). The Bertz CT molecular complexity index is 1250. The van der Waals surface area contributed by atoms with Crippen LogP contribution < -0.4 is 10.1 Å². The van der Waals surface area contributed by atoms with Crippen molar-refractivity contribution in [2.45, 2.75) is 55.6 Å². The number of nitrogens with zero attached hydrogens (tertiary/aromatic N) is 5. The van der Waals surface area contributed by atoms with E-state index in [-0.39, 0.29) is 5.82 Å². The molecule has 0 atom stereocenters. The van der Waals surface area contributed by atoms with Gasteiger partial charge in [0.05, 0.1) is 19.4 Å². The second-order valence-corrected chi connectivity index (χ2v) is 9.40. The summed E-state index contributed by atoms with van der Waals surface area (Å²) in [5, 5.41) is 17.4. The van der Waals surface area contributed by atoms with Gasteiger partial charge in [-0.05, 0) is 49.2 Å². The van der Waals surface area contributed by atoms with Gasteiger partial charge in [0, 0.05) is 23.4 Å². The Kier molecular flexibility index (Phi) is 7.27. The van der Waals surface area contributed by atoms with E-state index >= 15 is 0 Å². The molecule has 1 aliphatic rings. The van der Waals surface area contributed by atoms with E-state index in [0.29, 0.717) is 35.6 Å². The number of thioether (sulfide) groups is 1. The Morgan fingerprint density at radius 2 is 1.94 bits per heavy atom. The number of hydrogen-bond donors (Lipinski definition) is 1. The Morgan fingerprint density at radius 1 is 1.11 bits per heavy atom. The Hall–Kier alpha value is -3.40. The van der Waals surface area contributed by atoms with Crippen molar-refractivity contribution >= 4 is 17.4 Å². The highest BCUT2D eigenvalue weighted by Gasteiger charge is 2.23. The van der Waals surface area contributed by atoms with Crippen LogP contribution in [0.1, 0.15) is 49.9 Å². The van der Waals surface area contributed by atoms with E-state index in [0.717, 1.165) is 35.3 Å². The zero-order valence-corrected chi connectivity index (χ0v) is 20.3. The topological polar surface area (TPSA) is 90.9 Å². The largest absolute Gasteiger partial charge is 0.497 e. The molecule has 1 saturated carbocycles. The normalized spacial score (nSPS) is 14.2. The zero-order valence-electron chi connectivity index (χ0n) is 19.5. The van der Waals surface area contributed by atoms with E-state index in [4.69, 9.17) is 9.26 Å². The van der Waals surface area contributed by atoms with Gasteiger partial charge in [0.2, 0.25) is 11.7 Å². The van der Waals surface area contributed by atoms with Gasteiger partial charge in [-0.25, -0.2) is 4.39 Å². The Morgan fingerprint density at radius 3 is 2.74 bits per heavy atom. The summed E-state index contributed by atoms with van der Waals surface area (Å²) in [6.07, 6.45) is 5.92. The number of nitrogens with one attached hydrogen (secondary N) is 1. The van der Waals surface area contributed by atoms with Gasteiger partial charge in [-0.3, -0.25) is 0 Å². The van der Waals surface area contributed by atoms with Crippen molar-refractivity contribution in [1.82, 2.24) is 24.9 Å². The van der Waals surface area contributed by atoms with Crippen molar-refractivity contribution in [3.05, 3.63) is 66.1 Å². The molecule has 182 valence electrons. The van der Waals surface area contributed by atoms with E-state index in [2.05, 4.69) is 30.2 Å². The first kappa shape index (κ1) is 23.3. The number of anilines is 1. The number of halogens is 1. The lowest BCUT2D eigenvalue weighted by Gasteiger charge is -2.25. The van der Waals surface area contributed by atoms with Crippen LogP contribution in [0.5, 0.6) is 5.75 Å². The molecule has 0 unspecified atom stereocenters. The lowest BCUT2D eigenvalue weighted by molar-refractivity contribution is 0.329. The first-order valence-corrected chi connectivity index (χ1v) is 12.7. The van der Waals surface area contributed by atoms with E-state index in [9.17, 15) is 4.39 Å². The third-order valence-electron chi connectivity index (χ3n) is 6.09. The average Bonchev–Trinajstić information content (AvgIpc) is 3.54. The van der Waals surface area contributed by atoms with Crippen molar-refractivity contribution in [3.63, 3.8) is 0 Å². The number of benzene rings is 2. The fourth-order valence-corrected chi connectivity index (χ4v) is 5.16. The van der Waals surface area contributed by atoms with Crippen molar-refractivity contribution in [1.29, 1.82) is 0 Å². The molecule has 1 aliphatic carbocycles. The maximum Gasteiger partial charge on any atom is 0.237 e. The lowest BCUT2D eigenvalue weighted by atomic mass is 9.95. The molecule has 2 heterocycles. The fraction of sp³-hybridized carbons (Fsp3) is 0.360. The van der Waals surface area contributed by atoms with Crippen LogP contribution in [0.4, 0.5) is 10.1 Å². The minimum Gasteiger partial charge on any atom is -0.497 e. The molecular formula is C25H27FN6O2S. The minimum atomic E-state index is -0.299. The fourth-order valence-electron chi connectivity index (χ4n) is 4.30. The van der Waals surface area contributed by atoms with Crippen molar-refractivity contribution in [2.24, 2.45) is 0 Å². The molecule has 10 heteroatoms. The molecule has 2 aromatic carbocycles. The minimum absolute atomic E-state index is 0.299. The van der Waals surface area contributed by atoms with Gasteiger partial charge in [-0.1, -0.05) is 42.2 Å². The van der Waals surface area contributed by atoms with Crippen LogP contribution in [-0.2, 0) is 12.3 Å². The molecule has 0 aliphatic heterocycles. The number of methoxy groups -OCH3 is 1. The summed E-state index contributed by atoms with van der Waals surface area (Å²) >= 11 is 1.54. The van der Waals surface area contributed by atoms with Crippen LogP contribution in [-0.4, -0.2) is 32.0 Å². The van der Waals surface area contributed by atoms with Gasteiger partial charge >= 0.3 is 0 Å². The SMILES string of the molecule is COc1cccc(NCc2nnc(SCc3nc(-c4ccc(F)cc4)no3)n2C2CCCCC2)c1. The second-order valence-electron chi connectivity index (χ2n) is 8.45. The molecule has 0 spiro atoms. The van der Waals surface area contributed by atoms with Crippen LogP contribution in [0.2, 0.25) is 0 Å². The van der Waals surface area contributed by atoms with Crippen molar-refractivity contribution < 1.29 is 13.7 Å². The quantitative estimate of drug-likeness (QED) is 0.288. The maximum absolute atomic E-state index is 13.2. The van der Waals surface area contributed by atoms with Crippen LogP contribution >= 0.6 is 11.8 Å². The summed E-state index contributed by atoms with van der Waals surface area (Å²) in [7, 11) is 1.66. The number of rotatable bonds is 9. The third kappa shape index (κ3) is 5.64. The molecular weight excluding hydrogens is 467 g/mol. The highest BCUT2D eigenvalue weighted by molar-refractivity contribution is 7.98. The lowest BCUT2D eigenvalue weighted by Crippen LogP contribution is -2.18. The Balaban J connectivity index is 1.31. The second kappa shape index (κ2) is 10.9. The van der Waals surface area contributed by atoms with Crippen LogP contribution in [0, 0.1) is 5.82 Å². The number of hydrogen-bond acceptors (Lipinski definition) is 8. The van der Waals surface area contributed by atoms with Crippen LogP contribution in [0.3, 0.4) is 0 Å². The van der Waals surface area contributed by atoms with E-state index in [1.807, 2.05) is 24.3 Å².